The smallest absolute Gasteiger partial charge is 0.175 e. The van der Waals surface area contributed by atoms with E-state index in [1.54, 1.807) is 18.2 Å². The highest BCUT2D eigenvalue weighted by molar-refractivity contribution is 7.90. The summed E-state index contributed by atoms with van der Waals surface area (Å²) in [5.74, 6) is 0. The molecule has 1 unspecified atom stereocenters. The SMILES string of the molecule is CNC(Cc1ccc(Cl)cc1)c1cccc(S(C)(=O)=O)c1. The summed E-state index contributed by atoms with van der Waals surface area (Å²) in [4.78, 5) is 0.344. The van der Waals surface area contributed by atoms with Gasteiger partial charge in [0.15, 0.2) is 9.84 Å². The molecule has 112 valence electrons. The van der Waals surface area contributed by atoms with Crippen LogP contribution in [0.3, 0.4) is 0 Å². The van der Waals surface area contributed by atoms with E-state index in [0.29, 0.717) is 9.92 Å². The van der Waals surface area contributed by atoms with E-state index in [9.17, 15) is 8.42 Å². The number of likely N-dealkylation sites (N-methyl/N-ethyl adjacent to an activating group) is 1. The Morgan fingerprint density at radius 2 is 1.81 bits per heavy atom. The molecule has 0 spiro atoms. The number of hydrogen-bond acceptors (Lipinski definition) is 3. The van der Waals surface area contributed by atoms with Crippen molar-refractivity contribution >= 4 is 21.4 Å². The van der Waals surface area contributed by atoms with E-state index in [1.807, 2.05) is 37.4 Å². The van der Waals surface area contributed by atoms with Gasteiger partial charge >= 0.3 is 0 Å². The molecule has 0 saturated heterocycles. The highest BCUT2D eigenvalue weighted by atomic mass is 35.5. The predicted octanol–water partition coefficient (Wildman–Crippen LogP) is 3.25. The Kier molecular flexibility index (Phi) is 5.04. The summed E-state index contributed by atoms with van der Waals surface area (Å²) >= 11 is 5.89. The van der Waals surface area contributed by atoms with Crippen LogP contribution < -0.4 is 5.32 Å². The van der Waals surface area contributed by atoms with Crippen molar-refractivity contribution in [3.8, 4) is 0 Å². The Labute approximate surface area is 130 Å². The van der Waals surface area contributed by atoms with Crippen LogP contribution in [-0.4, -0.2) is 21.7 Å². The summed E-state index contributed by atoms with van der Waals surface area (Å²) in [6.07, 6.45) is 1.99. The minimum Gasteiger partial charge on any atom is -0.313 e. The fraction of sp³-hybridized carbons (Fsp3) is 0.250. The lowest BCUT2D eigenvalue weighted by molar-refractivity contribution is 0.587. The molecule has 5 heteroatoms. The first-order chi connectivity index (χ1) is 9.90. The molecule has 1 N–H and O–H groups in total. The van der Waals surface area contributed by atoms with E-state index < -0.39 is 9.84 Å². The molecule has 2 rings (SSSR count). The van der Waals surface area contributed by atoms with Crippen molar-refractivity contribution in [3.05, 3.63) is 64.7 Å². The lowest BCUT2D eigenvalue weighted by Crippen LogP contribution is -2.19. The second-order valence-electron chi connectivity index (χ2n) is 5.02. The first-order valence-corrected chi connectivity index (χ1v) is 8.89. The molecule has 0 saturated carbocycles. The second-order valence-corrected chi connectivity index (χ2v) is 7.47. The van der Waals surface area contributed by atoms with Gasteiger partial charge in [0.2, 0.25) is 0 Å². The number of rotatable bonds is 5. The summed E-state index contributed by atoms with van der Waals surface area (Å²) in [7, 11) is -1.32. The third-order valence-corrected chi connectivity index (χ3v) is 4.75. The normalized spacial score (nSPS) is 13.1. The molecular weight excluding hydrogens is 306 g/mol. The lowest BCUT2D eigenvalue weighted by Gasteiger charge is -2.17. The van der Waals surface area contributed by atoms with Gasteiger partial charge in [-0.25, -0.2) is 8.42 Å². The fourth-order valence-corrected chi connectivity index (χ4v) is 3.01. The Morgan fingerprint density at radius 1 is 1.14 bits per heavy atom. The number of sulfone groups is 1. The van der Waals surface area contributed by atoms with Gasteiger partial charge in [-0.15, -0.1) is 0 Å². The van der Waals surface area contributed by atoms with Gasteiger partial charge in [-0.1, -0.05) is 35.9 Å². The zero-order valence-corrected chi connectivity index (χ0v) is 13.6. The maximum absolute atomic E-state index is 11.7. The fourth-order valence-electron chi connectivity index (χ4n) is 2.20. The van der Waals surface area contributed by atoms with Crippen molar-refractivity contribution < 1.29 is 8.42 Å². The van der Waals surface area contributed by atoms with Crippen LogP contribution in [0.5, 0.6) is 0 Å². The highest BCUT2D eigenvalue weighted by Gasteiger charge is 2.13. The van der Waals surface area contributed by atoms with E-state index in [4.69, 9.17) is 11.6 Å². The standard InChI is InChI=1S/C16H18ClNO2S/c1-18-16(10-12-6-8-14(17)9-7-12)13-4-3-5-15(11-13)21(2,19)20/h3-9,11,16,18H,10H2,1-2H3. The van der Waals surface area contributed by atoms with Crippen LogP contribution in [0, 0.1) is 0 Å². The number of halogens is 1. The summed E-state index contributed by atoms with van der Waals surface area (Å²) in [5, 5.41) is 3.94. The average molecular weight is 324 g/mol. The Bertz CT molecular complexity index is 711. The third kappa shape index (κ3) is 4.30. The van der Waals surface area contributed by atoms with E-state index >= 15 is 0 Å². The maximum Gasteiger partial charge on any atom is 0.175 e. The van der Waals surface area contributed by atoms with Crippen LogP contribution in [-0.2, 0) is 16.3 Å². The van der Waals surface area contributed by atoms with Gasteiger partial charge < -0.3 is 5.32 Å². The molecule has 21 heavy (non-hydrogen) atoms. The van der Waals surface area contributed by atoms with E-state index in [2.05, 4.69) is 5.32 Å². The van der Waals surface area contributed by atoms with Gasteiger partial charge in [-0.2, -0.15) is 0 Å². The Morgan fingerprint density at radius 3 is 2.38 bits per heavy atom. The average Bonchev–Trinajstić information content (AvgIpc) is 2.46. The van der Waals surface area contributed by atoms with Gasteiger partial charge in [-0.3, -0.25) is 0 Å². The highest BCUT2D eigenvalue weighted by Crippen LogP contribution is 2.22. The molecule has 0 aliphatic carbocycles. The monoisotopic (exact) mass is 323 g/mol. The first kappa shape index (κ1) is 16.0. The molecular formula is C16H18ClNO2S. The first-order valence-electron chi connectivity index (χ1n) is 6.62. The summed E-state index contributed by atoms with van der Waals surface area (Å²) in [5.41, 5.74) is 2.10. The van der Waals surface area contributed by atoms with Gasteiger partial charge in [-0.05, 0) is 48.9 Å². The minimum atomic E-state index is -3.19. The molecule has 0 radical (unpaired) electrons. The molecule has 2 aromatic carbocycles. The molecule has 1 atom stereocenters. The molecule has 0 amide bonds. The molecule has 0 fully saturated rings. The maximum atomic E-state index is 11.7. The zero-order chi connectivity index (χ0) is 15.5. The van der Waals surface area contributed by atoms with Gasteiger partial charge in [0, 0.05) is 17.3 Å². The number of benzene rings is 2. The largest absolute Gasteiger partial charge is 0.313 e. The lowest BCUT2D eigenvalue weighted by atomic mass is 9.99. The second kappa shape index (κ2) is 6.60. The van der Waals surface area contributed by atoms with Crippen LogP contribution in [0.2, 0.25) is 5.02 Å². The molecule has 0 bridgehead atoms. The van der Waals surface area contributed by atoms with Crippen LogP contribution in [0.15, 0.2) is 53.4 Å². The van der Waals surface area contributed by atoms with Gasteiger partial charge in [0.1, 0.15) is 0 Å². The molecule has 2 aromatic rings. The van der Waals surface area contributed by atoms with E-state index in [-0.39, 0.29) is 6.04 Å². The van der Waals surface area contributed by atoms with Crippen LogP contribution >= 0.6 is 11.6 Å². The Balaban J connectivity index is 2.27. The number of nitrogens with one attached hydrogen (secondary N) is 1. The van der Waals surface area contributed by atoms with Gasteiger partial charge in [0.05, 0.1) is 4.90 Å². The van der Waals surface area contributed by atoms with Crippen molar-refractivity contribution in [1.29, 1.82) is 0 Å². The summed E-state index contributed by atoms with van der Waals surface area (Å²) in [6.45, 7) is 0. The zero-order valence-electron chi connectivity index (χ0n) is 12.0. The third-order valence-electron chi connectivity index (χ3n) is 3.39. The summed E-state index contributed by atoms with van der Waals surface area (Å²) < 4.78 is 23.3. The van der Waals surface area contributed by atoms with E-state index in [0.717, 1.165) is 17.5 Å². The minimum absolute atomic E-state index is 0.0490. The predicted molar refractivity (Wildman–Crippen MR) is 86.5 cm³/mol. The van der Waals surface area contributed by atoms with Crippen molar-refractivity contribution in [2.45, 2.75) is 17.4 Å². The molecule has 0 aliphatic heterocycles. The van der Waals surface area contributed by atoms with Crippen LogP contribution in [0.1, 0.15) is 17.2 Å². The molecule has 0 heterocycles. The number of hydrogen-bond donors (Lipinski definition) is 1. The molecule has 3 nitrogen and oxygen atoms in total. The quantitative estimate of drug-likeness (QED) is 0.918. The van der Waals surface area contributed by atoms with E-state index in [1.165, 1.54) is 6.26 Å². The van der Waals surface area contributed by atoms with Crippen molar-refractivity contribution in [1.82, 2.24) is 5.32 Å². The van der Waals surface area contributed by atoms with Gasteiger partial charge in [0.25, 0.3) is 0 Å². The topological polar surface area (TPSA) is 46.2 Å². The van der Waals surface area contributed by atoms with Crippen LogP contribution in [0.4, 0.5) is 0 Å². The molecule has 0 aromatic heterocycles. The summed E-state index contributed by atoms with van der Waals surface area (Å²) in [6, 6.07) is 14.8. The van der Waals surface area contributed by atoms with Crippen molar-refractivity contribution in [2.75, 3.05) is 13.3 Å². The van der Waals surface area contributed by atoms with Crippen molar-refractivity contribution in [3.63, 3.8) is 0 Å². The van der Waals surface area contributed by atoms with Crippen molar-refractivity contribution in [2.24, 2.45) is 0 Å². The van der Waals surface area contributed by atoms with Crippen LogP contribution in [0.25, 0.3) is 0 Å². The molecule has 0 aliphatic rings. The Hall–Kier alpha value is -1.36.